The minimum atomic E-state index is -0.378. The van der Waals surface area contributed by atoms with E-state index in [1.54, 1.807) is 6.07 Å². The lowest BCUT2D eigenvalue weighted by molar-refractivity contribution is -0.123. The summed E-state index contributed by atoms with van der Waals surface area (Å²) in [7, 11) is 0. The number of rotatable bonds is 7. The summed E-state index contributed by atoms with van der Waals surface area (Å²) in [6.45, 7) is 2.48. The first-order valence-corrected chi connectivity index (χ1v) is 6.97. The topological polar surface area (TPSA) is 64.3 Å². The molecule has 0 aliphatic heterocycles. The molecule has 110 valence electrons. The first-order chi connectivity index (χ1) is 9.52. The lowest BCUT2D eigenvalue weighted by Gasteiger charge is -2.10. The van der Waals surface area contributed by atoms with Gasteiger partial charge in [-0.3, -0.25) is 4.79 Å². The summed E-state index contributed by atoms with van der Waals surface area (Å²) in [5, 5.41) is 2.80. The average molecular weight is 280 g/mol. The summed E-state index contributed by atoms with van der Waals surface area (Å²) in [5.74, 6) is 0.444. The fraction of sp³-hybridized carbons (Fsp3) is 0.533. The summed E-state index contributed by atoms with van der Waals surface area (Å²) in [6.07, 6.45) is 2.94. The second-order valence-corrected chi connectivity index (χ2v) is 5.51. The molecule has 0 aromatic heterocycles. The Morgan fingerprint density at radius 2 is 2.25 bits per heavy atom. The van der Waals surface area contributed by atoms with E-state index < -0.39 is 0 Å². The van der Waals surface area contributed by atoms with E-state index >= 15 is 0 Å². The summed E-state index contributed by atoms with van der Waals surface area (Å²) in [5.41, 5.74) is 6.46. The number of nitrogens with two attached hydrogens (primary N) is 1. The van der Waals surface area contributed by atoms with Gasteiger partial charge in [0.15, 0.2) is 6.61 Å². The second-order valence-electron chi connectivity index (χ2n) is 5.51. The highest BCUT2D eigenvalue weighted by Crippen LogP contribution is 2.27. The molecule has 1 fully saturated rings. The number of hydrogen-bond donors (Lipinski definition) is 2. The fourth-order valence-electron chi connectivity index (χ4n) is 1.97. The molecule has 3 N–H and O–H groups in total. The lowest BCUT2D eigenvalue weighted by atomic mass is 10.1. The third-order valence-corrected chi connectivity index (χ3v) is 3.14. The molecule has 1 aliphatic carbocycles. The Labute approximate surface area is 118 Å². The van der Waals surface area contributed by atoms with Crippen molar-refractivity contribution in [1.82, 2.24) is 5.32 Å². The number of halogens is 1. The average Bonchev–Trinajstić information content (AvgIpc) is 3.16. The predicted octanol–water partition coefficient (Wildman–Crippen LogP) is 1.62. The van der Waals surface area contributed by atoms with Crippen LogP contribution in [0.4, 0.5) is 4.39 Å². The number of amides is 1. The van der Waals surface area contributed by atoms with Crippen LogP contribution in [0, 0.1) is 11.7 Å². The van der Waals surface area contributed by atoms with Gasteiger partial charge in [-0.15, -0.1) is 0 Å². The van der Waals surface area contributed by atoms with Crippen LogP contribution in [0.1, 0.15) is 25.3 Å². The van der Waals surface area contributed by atoms with Gasteiger partial charge in [0.2, 0.25) is 0 Å². The molecule has 1 unspecified atom stereocenters. The lowest BCUT2D eigenvalue weighted by Crippen LogP contribution is -2.30. The zero-order chi connectivity index (χ0) is 14.5. The Bertz CT molecular complexity index is 473. The molecule has 0 spiro atoms. The van der Waals surface area contributed by atoms with Crippen molar-refractivity contribution in [2.45, 2.75) is 32.2 Å². The normalized spacial score (nSPS) is 15.8. The minimum absolute atomic E-state index is 0.0495. The highest BCUT2D eigenvalue weighted by molar-refractivity contribution is 5.77. The van der Waals surface area contributed by atoms with Crippen molar-refractivity contribution in [1.29, 1.82) is 0 Å². The standard InChI is InChI=1S/C15H21FN2O2/c1-10(17)4-12-5-13(16)7-14(6-12)20-9-15(19)18-8-11-2-3-11/h5-7,10-11H,2-4,8-9,17H2,1H3,(H,18,19). The van der Waals surface area contributed by atoms with Crippen LogP contribution in [-0.2, 0) is 11.2 Å². The minimum Gasteiger partial charge on any atom is -0.484 e. The fourth-order valence-corrected chi connectivity index (χ4v) is 1.97. The van der Waals surface area contributed by atoms with Crippen LogP contribution in [0.3, 0.4) is 0 Å². The Kier molecular flexibility index (Phi) is 4.95. The largest absolute Gasteiger partial charge is 0.484 e. The molecule has 20 heavy (non-hydrogen) atoms. The molecule has 5 heteroatoms. The predicted molar refractivity (Wildman–Crippen MR) is 75.0 cm³/mol. The summed E-state index contributed by atoms with van der Waals surface area (Å²) in [6, 6.07) is 4.38. The monoisotopic (exact) mass is 280 g/mol. The Balaban J connectivity index is 1.84. The van der Waals surface area contributed by atoms with Gasteiger partial charge in [0.1, 0.15) is 11.6 Å². The molecule has 1 aromatic carbocycles. The van der Waals surface area contributed by atoms with Crippen LogP contribution in [0.25, 0.3) is 0 Å². The van der Waals surface area contributed by atoms with Crippen molar-refractivity contribution >= 4 is 5.91 Å². The van der Waals surface area contributed by atoms with Gasteiger partial charge >= 0.3 is 0 Å². The first-order valence-electron chi connectivity index (χ1n) is 6.97. The zero-order valence-electron chi connectivity index (χ0n) is 11.7. The van der Waals surface area contributed by atoms with E-state index in [2.05, 4.69) is 5.32 Å². The Morgan fingerprint density at radius 1 is 1.50 bits per heavy atom. The maximum absolute atomic E-state index is 13.4. The highest BCUT2D eigenvalue weighted by Gasteiger charge is 2.21. The van der Waals surface area contributed by atoms with E-state index in [4.69, 9.17) is 10.5 Å². The molecule has 1 aromatic rings. The number of carbonyl (C=O) groups is 1. The summed E-state index contributed by atoms with van der Waals surface area (Å²) in [4.78, 5) is 11.5. The zero-order valence-corrected chi connectivity index (χ0v) is 11.7. The van der Waals surface area contributed by atoms with Crippen LogP contribution in [0.15, 0.2) is 18.2 Å². The molecule has 1 aliphatic rings. The van der Waals surface area contributed by atoms with E-state index in [9.17, 15) is 9.18 Å². The third-order valence-electron chi connectivity index (χ3n) is 3.14. The van der Waals surface area contributed by atoms with Crippen LogP contribution in [-0.4, -0.2) is 25.1 Å². The summed E-state index contributed by atoms with van der Waals surface area (Å²) >= 11 is 0. The second kappa shape index (κ2) is 6.70. The van der Waals surface area contributed by atoms with Gasteiger partial charge in [0.25, 0.3) is 5.91 Å². The Morgan fingerprint density at radius 3 is 2.90 bits per heavy atom. The van der Waals surface area contributed by atoms with Gasteiger partial charge in [-0.2, -0.15) is 0 Å². The molecule has 1 amide bonds. The molecule has 1 atom stereocenters. The smallest absolute Gasteiger partial charge is 0.257 e. The molecular weight excluding hydrogens is 259 g/mol. The molecular formula is C15H21FN2O2. The molecule has 0 heterocycles. The van der Waals surface area contributed by atoms with Crippen LogP contribution < -0.4 is 15.8 Å². The quantitative estimate of drug-likeness (QED) is 0.797. The van der Waals surface area contributed by atoms with Gasteiger partial charge in [0, 0.05) is 18.7 Å². The molecule has 0 bridgehead atoms. The van der Waals surface area contributed by atoms with Crippen molar-refractivity contribution in [3.8, 4) is 5.75 Å². The van der Waals surface area contributed by atoms with Crippen LogP contribution in [0.2, 0.25) is 0 Å². The third kappa shape index (κ3) is 5.17. The van der Waals surface area contributed by atoms with Crippen molar-refractivity contribution in [2.24, 2.45) is 11.7 Å². The molecule has 1 saturated carbocycles. The van der Waals surface area contributed by atoms with E-state index in [0.717, 1.165) is 5.56 Å². The maximum atomic E-state index is 13.4. The van der Waals surface area contributed by atoms with Gasteiger partial charge < -0.3 is 15.8 Å². The summed E-state index contributed by atoms with van der Waals surface area (Å²) < 4.78 is 18.8. The Hall–Kier alpha value is -1.62. The number of nitrogens with one attached hydrogen (secondary N) is 1. The van der Waals surface area contributed by atoms with Gasteiger partial charge in [0.05, 0.1) is 0 Å². The van der Waals surface area contributed by atoms with Gasteiger partial charge in [-0.05, 0) is 49.8 Å². The number of ether oxygens (including phenoxy) is 1. The molecule has 2 rings (SSSR count). The van der Waals surface area contributed by atoms with Crippen molar-refractivity contribution in [3.05, 3.63) is 29.6 Å². The van der Waals surface area contributed by atoms with Crippen LogP contribution >= 0.6 is 0 Å². The first kappa shape index (κ1) is 14.8. The molecule has 0 radical (unpaired) electrons. The number of benzene rings is 1. The highest BCUT2D eigenvalue weighted by atomic mass is 19.1. The SMILES string of the molecule is CC(N)Cc1cc(F)cc(OCC(=O)NCC2CC2)c1. The van der Waals surface area contributed by atoms with Crippen molar-refractivity contribution in [2.75, 3.05) is 13.2 Å². The van der Waals surface area contributed by atoms with E-state index in [-0.39, 0.29) is 24.4 Å². The van der Waals surface area contributed by atoms with Crippen LogP contribution in [0.5, 0.6) is 5.75 Å². The van der Waals surface area contributed by atoms with Crippen molar-refractivity contribution in [3.63, 3.8) is 0 Å². The molecule has 0 saturated heterocycles. The van der Waals surface area contributed by atoms with E-state index in [0.29, 0.717) is 24.6 Å². The molecule has 4 nitrogen and oxygen atoms in total. The van der Waals surface area contributed by atoms with Gasteiger partial charge in [-0.1, -0.05) is 0 Å². The van der Waals surface area contributed by atoms with E-state index in [1.807, 2.05) is 6.92 Å². The maximum Gasteiger partial charge on any atom is 0.257 e. The number of carbonyl (C=O) groups excluding carboxylic acids is 1. The number of hydrogen-bond acceptors (Lipinski definition) is 3. The van der Waals surface area contributed by atoms with E-state index in [1.165, 1.54) is 25.0 Å². The van der Waals surface area contributed by atoms with Gasteiger partial charge in [-0.25, -0.2) is 4.39 Å². The van der Waals surface area contributed by atoms with Crippen molar-refractivity contribution < 1.29 is 13.9 Å².